The molecule has 0 saturated carbocycles. The highest BCUT2D eigenvalue weighted by atomic mass is 35.5. The van der Waals surface area contributed by atoms with Crippen molar-refractivity contribution in [3.05, 3.63) is 41.4 Å². The Labute approximate surface area is 116 Å². The minimum atomic E-state index is -1.13. The zero-order valence-corrected chi connectivity index (χ0v) is 11.3. The Bertz CT molecular complexity index is 503. The van der Waals surface area contributed by atoms with E-state index < -0.39 is 12.0 Å². The molecule has 0 radical (unpaired) electrons. The molecule has 19 heavy (non-hydrogen) atoms. The molecule has 0 atom stereocenters. The molecule has 0 fully saturated rings. The van der Waals surface area contributed by atoms with Crippen LogP contribution in [0.15, 0.2) is 30.9 Å². The van der Waals surface area contributed by atoms with E-state index >= 15 is 0 Å². The number of carboxylic acid groups (broad SMARTS) is 1. The molecule has 0 aliphatic heterocycles. The second-order valence-corrected chi connectivity index (χ2v) is 4.19. The maximum absolute atomic E-state index is 12.0. The van der Waals surface area contributed by atoms with Crippen LogP contribution in [0.4, 0.5) is 10.5 Å². The molecule has 102 valence electrons. The van der Waals surface area contributed by atoms with Crippen LogP contribution >= 0.6 is 11.6 Å². The number of benzene rings is 1. The van der Waals surface area contributed by atoms with E-state index in [1.54, 1.807) is 6.08 Å². The number of amides is 2. The number of hydrogen-bond donors (Lipinski definition) is 2. The average Bonchev–Trinajstić information content (AvgIpc) is 2.35. The minimum Gasteiger partial charge on any atom is -0.478 e. The molecule has 1 aromatic carbocycles. The van der Waals surface area contributed by atoms with Crippen LogP contribution in [-0.4, -0.2) is 35.1 Å². The Morgan fingerprint density at radius 1 is 1.53 bits per heavy atom. The number of aromatic carboxylic acids is 1. The average molecular weight is 283 g/mol. The van der Waals surface area contributed by atoms with Gasteiger partial charge in [0, 0.05) is 18.1 Å². The standard InChI is InChI=1S/C13H15ClN2O3/c1-3-7-16(4-2)13(19)15-11-8-9(14)5-6-10(11)12(17)18/h3,5-6,8H,1,4,7H2,2H3,(H,15,19)(H,17,18). The summed E-state index contributed by atoms with van der Waals surface area (Å²) < 4.78 is 0. The third-order valence-electron chi connectivity index (χ3n) is 2.47. The normalized spacial score (nSPS) is 9.79. The highest BCUT2D eigenvalue weighted by molar-refractivity contribution is 6.31. The molecule has 2 amide bonds. The lowest BCUT2D eigenvalue weighted by Crippen LogP contribution is -2.35. The van der Waals surface area contributed by atoms with Crippen molar-refractivity contribution in [2.24, 2.45) is 0 Å². The van der Waals surface area contributed by atoms with Gasteiger partial charge in [-0.05, 0) is 25.1 Å². The van der Waals surface area contributed by atoms with Crippen molar-refractivity contribution < 1.29 is 14.7 Å². The topological polar surface area (TPSA) is 69.6 Å². The van der Waals surface area contributed by atoms with Crippen LogP contribution < -0.4 is 5.32 Å². The van der Waals surface area contributed by atoms with Crippen LogP contribution in [-0.2, 0) is 0 Å². The largest absolute Gasteiger partial charge is 0.478 e. The van der Waals surface area contributed by atoms with Gasteiger partial charge in [-0.25, -0.2) is 9.59 Å². The van der Waals surface area contributed by atoms with Gasteiger partial charge in [0.15, 0.2) is 0 Å². The molecule has 0 unspecified atom stereocenters. The molecule has 0 saturated heterocycles. The van der Waals surface area contributed by atoms with Gasteiger partial charge in [-0.3, -0.25) is 0 Å². The first-order chi connectivity index (χ1) is 8.99. The first-order valence-electron chi connectivity index (χ1n) is 5.69. The molecule has 0 aliphatic carbocycles. The van der Waals surface area contributed by atoms with Crippen LogP contribution in [0.5, 0.6) is 0 Å². The molecule has 0 aliphatic rings. The van der Waals surface area contributed by atoms with Gasteiger partial charge >= 0.3 is 12.0 Å². The fourth-order valence-corrected chi connectivity index (χ4v) is 1.68. The number of halogens is 1. The first-order valence-corrected chi connectivity index (χ1v) is 6.07. The number of carboxylic acids is 1. The van der Waals surface area contributed by atoms with E-state index in [1.807, 2.05) is 6.92 Å². The number of anilines is 1. The number of urea groups is 1. The smallest absolute Gasteiger partial charge is 0.337 e. The number of likely N-dealkylation sites (N-methyl/N-ethyl adjacent to an activating group) is 1. The molecule has 0 aromatic heterocycles. The summed E-state index contributed by atoms with van der Waals surface area (Å²) in [6.07, 6.45) is 1.60. The van der Waals surface area contributed by atoms with Gasteiger partial charge in [-0.2, -0.15) is 0 Å². The van der Waals surface area contributed by atoms with Crippen molar-refractivity contribution in [1.82, 2.24) is 4.90 Å². The second-order valence-electron chi connectivity index (χ2n) is 3.75. The van der Waals surface area contributed by atoms with Crippen LogP contribution in [0, 0.1) is 0 Å². The number of nitrogens with zero attached hydrogens (tertiary/aromatic N) is 1. The van der Waals surface area contributed by atoms with E-state index in [4.69, 9.17) is 16.7 Å². The van der Waals surface area contributed by atoms with Crippen molar-refractivity contribution >= 4 is 29.3 Å². The van der Waals surface area contributed by atoms with Crippen molar-refractivity contribution in [2.75, 3.05) is 18.4 Å². The van der Waals surface area contributed by atoms with Crippen LogP contribution in [0.3, 0.4) is 0 Å². The SMILES string of the molecule is C=CCN(CC)C(=O)Nc1cc(Cl)ccc1C(=O)O. The van der Waals surface area contributed by atoms with Gasteiger partial charge < -0.3 is 15.3 Å². The van der Waals surface area contributed by atoms with Crippen LogP contribution in [0.25, 0.3) is 0 Å². The maximum atomic E-state index is 12.0. The summed E-state index contributed by atoms with van der Waals surface area (Å²) in [6, 6.07) is 3.82. The molecule has 0 spiro atoms. The van der Waals surface area contributed by atoms with Gasteiger partial charge in [-0.1, -0.05) is 17.7 Å². The Balaban J connectivity index is 2.97. The lowest BCUT2D eigenvalue weighted by atomic mass is 10.2. The summed E-state index contributed by atoms with van der Waals surface area (Å²) in [7, 11) is 0. The zero-order valence-electron chi connectivity index (χ0n) is 10.5. The Kier molecular flexibility index (Phi) is 5.38. The highest BCUT2D eigenvalue weighted by Gasteiger charge is 2.15. The number of carbonyl (C=O) groups is 2. The van der Waals surface area contributed by atoms with Gasteiger partial charge in [0.1, 0.15) is 0 Å². The minimum absolute atomic E-state index is 0.00703. The van der Waals surface area contributed by atoms with Gasteiger partial charge in [0.25, 0.3) is 0 Å². The fourth-order valence-electron chi connectivity index (χ4n) is 1.51. The zero-order chi connectivity index (χ0) is 14.4. The Morgan fingerprint density at radius 3 is 2.74 bits per heavy atom. The summed E-state index contributed by atoms with van der Waals surface area (Å²) >= 11 is 5.81. The summed E-state index contributed by atoms with van der Waals surface area (Å²) in [5.41, 5.74) is 0.167. The third kappa shape index (κ3) is 3.99. The fraction of sp³-hybridized carbons (Fsp3) is 0.231. The molecular weight excluding hydrogens is 268 g/mol. The lowest BCUT2D eigenvalue weighted by Gasteiger charge is -2.20. The van der Waals surface area contributed by atoms with Gasteiger partial charge in [0.05, 0.1) is 11.3 Å². The van der Waals surface area contributed by atoms with E-state index in [0.29, 0.717) is 18.1 Å². The summed E-state index contributed by atoms with van der Waals surface area (Å²) in [5.74, 6) is -1.13. The van der Waals surface area contributed by atoms with E-state index in [1.165, 1.54) is 23.1 Å². The maximum Gasteiger partial charge on any atom is 0.337 e. The second kappa shape index (κ2) is 6.80. The summed E-state index contributed by atoms with van der Waals surface area (Å²) in [4.78, 5) is 24.5. The number of hydrogen-bond acceptors (Lipinski definition) is 2. The first kappa shape index (κ1) is 15.0. The predicted octanol–water partition coefficient (Wildman–Crippen LogP) is 3.08. The third-order valence-corrected chi connectivity index (χ3v) is 2.71. The molecule has 0 bridgehead atoms. The van der Waals surface area contributed by atoms with Crippen molar-refractivity contribution in [2.45, 2.75) is 6.92 Å². The Hall–Kier alpha value is -2.01. The van der Waals surface area contributed by atoms with Crippen LogP contribution in [0.2, 0.25) is 5.02 Å². The van der Waals surface area contributed by atoms with E-state index in [2.05, 4.69) is 11.9 Å². The number of nitrogens with one attached hydrogen (secondary N) is 1. The predicted molar refractivity (Wildman–Crippen MR) is 74.9 cm³/mol. The number of carbonyl (C=O) groups excluding carboxylic acids is 1. The molecule has 6 heteroatoms. The summed E-state index contributed by atoms with van der Waals surface area (Å²) in [6.45, 7) is 6.25. The quantitative estimate of drug-likeness (QED) is 0.816. The van der Waals surface area contributed by atoms with Crippen molar-refractivity contribution in [1.29, 1.82) is 0 Å². The molecule has 5 nitrogen and oxygen atoms in total. The summed E-state index contributed by atoms with van der Waals surface area (Å²) in [5, 5.41) is 11.9. The molecule has 2 N–H and O–H groups in total. The van der Waals surface area contributed by atoms with Crippen molar-refractivity contribution in [3.63, 3.8) is 0 Å². The lowest BCUT2D eigenvalue weighted by molar-refractivity contribution is 0.0698. The van der Waals surface area contributed by atoms with E-state index in [-0.39, 0.29) is 11.3 Å². The molecule has 1 aromatic rings. The Morgan fingerprint density at radius 2 is 2.21 bits per heavy atom. The van der Waals surface area contributed by atoms with Gasteiger partial charge in [-0.15, -0.1) is 6.58 Å². The van der Waals surface area contributed by atoms with Crippen molar-refractivity contribution in [3.8, 4) is 0 Å². The van der Waals surface area contributed by atoms with E-state index in [9.17, 15) is 9.59 Å². The number of rotatable bonds is 5. The van der Waals surface area contributed by atoms with Gasteiger partial charge in [0.2, 0.25) is 0 Å². The molecular formula is C13H15ClN2O3. The highest BCUT2D eigenvalue weighted by Crippen LogP contribution is 2.21. The van der Waals surface area contributed by atoms with E-state index in [0.717, 1.165) is 0 Å². The molecule has 0 heterocycles. The van der Waals surface area contributed by atoms with Crippen LogP contribution in [0.1, 0.15) is 17.3 Å². The molecule has 1 rings (SSSR count). The monoisotopic (exact) mass is 282 g/mol.